The number of thiophene rings is 1. The zero-order valence-electron chi connectivity index (χ0n) is 12.4. The summed E-state index contributed by atoms with van der Waals surface area (Å²) >= 11 is 2.54. The number of fused-ring (bicyclic) bond motifs is 2. The number of hydrogen-bond acceptors (Lipinski definition) is 5. The number of hydrogen-bond donors (Lipinski definition) is 1. The van der Waals surface area contributed by atoms with Gasteiger partial charge in [-0.05, 0) is 54.5 Å². The normalized spacial score (nSPS) is 25.1. The first kappa shape index (κ1) is 15.9. The fourth-order valence-electron chi connectivity index (χ4n) is 3.72. The van der Waals surface area contributed by atoms with Crippen molar-refractivity contribution < 1.29 is 8.78 Å². The third-order valence-corrected chi connectivity index (χ3v) is 6.06. The minimum absolute atomic E-state index is 0.248. The standard InChI is InChI=1S/C15H17F2IN4S/c16-15(17,18)7-9-6-10-13(20-8-21-14(10)23-9)22-5-3-11-12(22)2-1-4-19-11/h6,8,11-12,19H,1-5,7H2. The van der Waals surface area contributed by atoms with E-state index in [1.807, 2.05) is 6.07 Å². The van der Waals surface area contributed by atoms with Gasteiger partial charge in [-0.15, -0.1) is 11.3 Å². The van der Waals surface area contributed by atoms with E-state index in [4.69, 9.17) is 0 Å². The van der Waals surface area contributed by atoms with Crippen molar-refractivity contribution >= 4 is 50.0 Å². The molecule has 4 rings (SSSR count). The van der Waals surface area contributed by atoms with Gasteiger partial charge in [-0.2, -0.15) is 8.78 Å². The van der Waals surface area contributed by atoms with E-state index in [2.05, 4.69) is 20.2 Å². The highest BCUT2D eigenvalue weighted by Crippen LogP contribution is 2.38. The Kier molecular flexibility index (Phi) is 4.17. The molecule has 23 heavy (non-hydrogen) atoms. The number of nitrogens with zero attached hydrogens (tertiary/aromatic N) is 3. The molecule has 8 heteroatoms. The second kappa shape index (κ2) is 6.03. The lowest BCUT2D eigenvalue weighted by Gasteiger charge is -2.33. The van der Waals surface area contributed by atoms with Crippen molar-refractivity contribution in [1.82, 2.24) is 15.3 Å². The minimum Gasteiger partial charge on any atom is -0.351 e. The Morgan fingerprint density at radius 3 is 3.09 bits per heavy atom. The SMILES string of the molecule is FC(F)(I)Cc1cc2c(N3CCC4NCCCC43)ncnc2s1. The number of aromatic nitrogens is 2. The van der Waals surface area contributed by atoms with Gasteiger partial charge in [0.1, 0.15) is 17.0 Å². The molecule has 0 aromatic carbocycles. The van der Waals surface area contributed by atoms with Crippen LogP contribution in [0.1, 0.15) is 24.1 Å². The maximum atomic E-state index is 13.3. The number of anilines is 1. The first-order valence-corrected chi connectivity index (χ1v) is 9.71. The lowest BCUT2D eigenvalue weighted by Crippen LogP contribution is -2.47. The quantitative estimate of drug-likeness (QED) is 0.574. The van der Waals surface area contributed by atoms with Crippen molar-refractivity contribution in [3.8, 4) is 0 Å². The number of alkyl halides is 3. The average Bonchev–Trinajstić information content (AvgIpc) is 3.08. The molecule has 4 nitrogen and oxygen atoms in total. The summed E-state index contributed by atoms with van der Waals surface area (Å²) in [4.78, 5) is 12.6. The Morgan fingerprint density at radius 2 is 2.26 bits per heavy atom. The van der Waals surface area contributed by atoms with E-state index in [1.165, 1.54) is 40.3 Å². The molecule has 0 aliphatic carbocycles. The molecule has 0 bridgehead atoms. The fourth-order valence-corrected chi connectivity index (χ4v) is 5.43. The van der Waals surface area contributed by atoms with Crippen LogP contribution in [0.25, 0.3) is 10.2 Å². The van der Waals surface area contributed by atoms with Gasteiger partial charge in [0.25, 0.3) is 0 Å². The van der Waals surface area contributed by atoms with Gasteiger partial charge in [0.05, 0.1) is 11.8 Å². The predicted molar refractivity (Wildman–Crippen MR) is 96.9 cm³/mol. The van der Waals surface area contributed by atoms with Gasteiger partial charge in [-0.3, -0.25) is 0 Å². The Hall–Kier alpha value is -0.610. The Labute approximate surface area is 150 Å². The second-order valence-corrected chi connectivity index (χ2v) is 8.87. The van der Waals surface area contributed by atoms with Gasteiger partial charge < -0.3 is 10.2 Å². The van der Waals surface area contributed by atoms with Crippen molar-refractivity contribution in [1.29, 1.82) is 0 Å². The molecule has 2 aromatic rings. The van der Waals surface area contributed by atoms with Crippen LogP contribution in [0.4, 0.5) is 14.6 Å². The molecular formula is C15H17F2IN4S. The molecule has 1 N–H and O–H groups in total. The number of rotatable bonds is 3. The van der Waals surface area contributed by atoms with E-state index in [-0.39, 0.29) is 6.42 Å². The highest BCUT2D eigenvalue weighted by atomic mass is 127. The monoisotopic (exact) mass is 450 g/mol. The maximum absolute atomic E-state index is 13.3. The summed E-state index contributed by atoms with van der Waals surface area (Å²) < 4.78 is 23.9. The molecular weight excluding hydrogens is 433 g/mol. The van der Waals surface area contributed by atoms with Crippen molar-refractivity contribution in [2.24, 2.45) is 0 Å². The summed E-state index contributed by atoms with van der Waals surface area (Å²) in [6, 6.07) is 2.83. The largest absolute Gasteiger partial charge is 0.351 e. The van der Waals surface area contributed by atoms with Crippen LogP contribution >= 0.6 is 33.9 Å². The Morgan fingerprint density at radius 1 is 1.39 bits per heavy atom. The lowest BCUT2D eigenvalue weighted by molar-refractivity contribution is 0.129. The van der Waals surface area contributed by atoms with E-state index < -0.39 is 3.93 Å². The summed E-state index contributed by atoms with van der Waals surface area (Å²) in [7, 11) is 0. The molecule has 2 unspecified atom stereocenters. The molecule has 0 radical (unpaired) electrons. The van der Waals surface area contributed by atoms with Gasteiger partial charge in [0.15, 0.2) is 0 Å². The minimum atomic E-state index is -2.72. The summed E-state index contributed by atoms with van der Waals surface area (Å²) in [6.07, 6.45) is 4.75. The molecule has 2 atom stereocenters. The summed E-state index contributed by atoms with van der Waals surface area (Å²) in [5.41, 5.74) is 0. The Bertz CT molecular complexity index is 717. The molecule has 0 amide bonds. The van der Waals surface area contributed by atoms with E-state index in [9.17, 15) is 8.78 Å². The van der Waals surface area contributed by atoms with Crippen LogP contribution in [-0.2, 0) is 6.42 Å². The van der Waals surface area contributed by atoms with Crippen LogP contribution in [0.3, 0.4) is 0 Å². The van der Waals surface area contributed by atoms with Crippen molar-refractivity contribution in [2.45, 2.75) is 41.7 Å². The third kappa shape index (κ3) is 3.17. The van der Waals surface area contributed by atoms with Crippen LogP contribution in [0.15, 0.2) is 12.4 Å². The smallest absolute Gasteiger partial charge is 0.301 e. The van der Waals surface area contributed by atoms with Gasteiger partial charge in [-0.1, -0.05) is 0 Å². The third-order valence-electron chi connectivity index (χ3n) is 4.64. The molecule has 2 fully saturated rings. The van der Waals surface area contributed by atoms with Crippen molar-refractivity contribution in [3.05, 3.63) is 17.3 Å². The number of halogens is 3. The molecule has 2 saturated heterocycles. The highest BCUT2D eigenvalue weighted by molar-refractivity contribution is 14.1. The van der Waals surface area contributed by atoms with Crippen LogP contribution < -0.4 is 10.2 Å². The fraction of sp³-hybridized carbons (Fsp3) is 0.600. The average molecular weight is 450 g/mol. The Balaban J connectivity index is 1.70. The zero-order valence-corrected chi connectivity index (χ0v) is 15.4. The predicted octanol–water partition coefficient (Wildman–Crippen LogP) is 3.59. The number of piperidine rings is 1. The molecule has 0 spiro atoms. The highest BCUT2D eigenvalue weighted by Gasteiger charge is 2.37. The van der Waals surface area contributed by atoms with Crippen LogP contribution in [0.2, 0.25) is 0 Å². The van der Waals surface area contributed by atoms with Crippen LogP contribution in [0.5, 0.6) is 0 Å². The summed E-state index contributed by atoms with van der Waals surface area (Å²) in [6.45, 7) is 2.05. The van der Waals surface area contributed by atoms with E-state index in [1.54, 1.807) is 6.33 Å². The maximum Gasteiger partial charge on any atom is 0.301 e. The molecule has 2 aliphatic rings. The van der Waals surface area contributed by atoms with Gasteiger partial charge in [0.2, 0.25) is 0 Å². The van der Waals surface area contributed by atoms with E-state index >= 15 is 0 Å². The first-order chi connectivity index (χ1) is 11.0. The second-order valence-electron chi connectivity index (χ2n) is 6.17. The summed E-state index contributed by atoms with van der Waals surface area (Å²) in [5, 5.41) is 4.50. The topological polar surface area (TPSA) is 41.0 Å². The van der Waals surface area contributed by atoms with Gasteiger partial charge >= 0.3 is 3.93 Å². The zero-order chi connectivity index (χ0) is 16.0. The van der Waals surface area contributed by atoms with Crippen molar-refractivity contribution in [2.75, 3.05) is 18.0 Å². The number of nitrogens with one attached hydrogen (secondary N) is 1. The summed E-state index contributed by atoms with van der Waals surface area (Å²) in [5.74, 6) is 0.908. The van der Waals surface area contributed by atoms with Crippen molar-refractivity contribution in [3.63, 3.8) is 0 Å². The molecule has 124 valence electrons. The first-order valence-electron chi connectivity index (χ1n) is 7.81. The molecule has 2 aromatic heterocycles. The molecule has 2 aliphatic heterocycles. The van der Waals surface area contributed by atoms with Gasteiger partial charge in [0, 0.05) is 23.5 Å². The molecule has 4 heterocycles. The van der Waals surface area contributed by atoms with Gasteiger partial charge in [-0.25, -0.2) is 9.97 Å². The lowest BCUT2D eigenvalue weighted by atomic mass is 9.99. The van der Waals surface area contributed by atoms with E-state index in [0.29, 0.717) is 17.0 Å². The van der Waals surface area contributed by atoms with Crippen LogP contribution in [-0.4, -0.2) is 39.1 Å². The van der Waals surface area contributed by atoms with E-state index in [0.717, 1.165) is 42.0 Å². The van der Waals surface area contributed by atoms with Crippen LogP contribution in [0, 0.1) is 0 Å². The molecule has 0 saturated carbocycles.